The van der Waals surface area contributed by atoms with E-state index < -0.39 is 11.7 Å². The molecule has 7 nitrogen and oxygen atoms in total. The maximum Gasteiger partial charge on any atom is 0.416 e. The first kappa shape index (κ1) is 20.4. The predicted octanol–water partition coefficient (Wildman–Crippen LogP) is 3.53. The molecule has 0 bridgehead atoms. The average Bonchev–Trinajstić information content (AvgIpc) is 3.01. The number of likely N-dealkylation sites (tertiary alicyclic amines) is 1. The van der Waals surface area contributed by atoms with E-state index in [-0.39, 0.29) is 0 Å². The van der Waals surface area contributed by atoms with Crippen LogP contribution >= 0.6 is 0 Å². The Labute approximate surface area is 172 Å². The van der Waals surface area contributed by atoms with Crippen LogP contribution in [0.25, 0.3) is 22.3 Å². The number of piperidine rings is 1. The van der Waals surface area contributed by atoms with Crippen molar-refractivity contribution in [2.75, 3.05) is 37.2 Å². The maximum absolute atomic E-state index is 12.9. The Hall–Kier alpha value is -2.88. The van der Waals surface area contributed by atoms with Gasteiger partial charge in [0.1, 0.15) is 5.82 Å². The number of alkyl halides is 3. The lowest BCUT2D eigenvalue weighted by Gasteiger charge is -2.26. The summed E-state index contributed by atoms with van der Waals surface area (Å²) >= 11 is 0. The second kappa shape index (κ2) is 8.10. The highest BCUT2D eigenvalue weighted by Crippen LogP contribution is 2.34. The average molecular weight is 419 g/mol. The smallest absolute Gasteiger partial charge is 0.383 e. The van der Waals surface area contributed by atoms with Gasteiger partial charge < -0.3 is 16.0 Å². The van der Waals surface area contributed by atoms with Crippen molar-refractivity contribution < 1.29 is 13.2 Å². The number of rotatable bonds is 5. The van der Waals surface area contributed by atoms with Gasteiger partial charge in [-0.2, -0.15) is 23.3 Å². The molecule has 4 rings (SSSR count). The fourth-order valence-corrected chi connectivity index (χ4v) is 3.73. The molecule has 3 heterocycles. The third-order valence-electron chi connectivity index (χ3n) is 5.38. The molecule has 0 atom stereocenters. The summed E-state index contributed by atoms with van der Waals surface area (Å²) in [5.41, 5.74) is 6.81. The summed E-state index contributed by atoms with van der Waals surface area (Å²) in [4.78, 5) is 11.4. The van der Waals surface area contributed by atoms with Crippen molar-refractivity contribution in [3.63, 3.8) is 0 Å². The molecule has 0 unspecified atom stereocenters. The van der Waals surface area contributed by atoms with Crippen LogP contribution in [0.3, 0.4) is 0 Å². The molecule has 1 aliphatic rings. The van der Waals surface area contributed by atoms with Crippen molar-refractivity contribution >= 4 is 22.8 Å². The minimum atomic E-state index is -4.39. The zero-order valence-corrected chi connectivity index (χ0v) is 16.7. The number of fused-ring (bicyclic) bond motifs is 1. The lowest BCUT2D eigenvalue weighted by atomic mass is 10.1. The quantitative estimate of drug-likeness (QED) is 0.658. The van der Waals surface area contributed by atoms with Crippen LogP contribution in [0.2, 0.25) is 0 Å². The third kappa shape index (κ3) is 4.18. The van der Waals surface area contributed by atoms with Gasteiger partial charge in [-0.05, 0) is 38.1 Å². The van der Waals surface area contributed by atoms with Gasteiger partial charge in [0.05, 0.1) is 16.6 Å². The monoisotopic (exact) mass is 419 g/mol. The molecule has 1 fully saturated rings. The van der Waals surface area contributed by atoms with Gasteiger partial charge in [-0.25, -0.2) is 4.98 Å². The van der Waals surface area contributed by atoms with E-state index >= 15 is 0 Å². The normalized spacial score (nSPS) is 15.6. The number of hydrogen-bond donors (Lipinski definition) is 2. The molecule has 160 valence electrons. The largest absolute Gasteiger partial charge is 0.416 e. The predicted molar refractivity (Wildman–Crippen MR) is 110 cm³/mol. The van der Waals surface area contributed by atoms with Crippen LogP contribution in [0.1, 0.15) is 24.8 Å². The van der Waals surface area contributed by atoms with E-state index in [2.05, 4.69) is 25.3 Å². The lowest BCUT2D eigenvalue weighted by Crippen LogP contribution is -2.33. The van der Waals surface area contributed by atoms with Crippen LogP contribution in [-0.4, -0.2) is 50.8 Å². The van der Waals surface area contributed by atoms with E-state index in [1.807, 2.05) is 0 Å². The molecule has 0 radical (unpaired) electrons. The van der Waals surface area contributed by atoms with Gasteiger partial charge in [0.15, 0.2) is 5.65 Å². The Bertz CT molecular complexity index is 1020. The molecular formula is C20H24F3N7. The first-order chi connectivity index (χ1) is 14.3. The third-order valence-corrected chi connectivity index (χ3v) is 5.38. The lowest BCUT2D eigenvalue weighted by molar-refractivity contribution is -0.137. The number of aryl methyl sites for hydroxylation is 1. The van der Waals surface area contributed by atoms with E-state index in [0.717, 1.165) is 31.8 Å². The SMILES string of the molecule is Cn1nc2nc(NCCN3CCCCC3)nc(-c3ccc(C(F)(F)F)cc3)c2c1N. The molecule has 10 heteroatoms. The standard InChI is InChI=1S/C20H24F3N7/c1-29-17(24)15-16(13-5-7-14(8-6-13)20(21,22)23)26-19(27-18(15)28-29)25-9-12-30-10-3-2-4-11-30/h5-8H,2-4,9-12,24H2,1H3,(H,25,27,28). The van der Waals surface area contributed by atoms with Crippen LogP contribution in [-0.2, 0) is 13.2 Å². The summed E-state index contributed by atoms with van der Waals surface area (Å²) in [6.45, 7) is 3.73. The minimum Gasteiger partial charge on any atom is -0.383 e. The zero-order chi connectivity index (χ0) is 21.3. The summed E-state index contributed by atoms with van der Waals surface area (Å²) in [6, 6.07) is 4.88. The highest BCUT2D eigenvalue weighted by atomic mass is 19.4. The summed E-state index contributed by atoms with van der Waals surface area (Å²) in [6.07, 6.45) is -0.684. The van der Waals surface area contributed by atoms with Gasteiger partial charge in [-0.3, -0.25) is 4.68 Å². The van der Waals surface area contributed by atoms with Crippen molar-refractivity contribution in [2.45, 2.75) is 25.4 Å². The summed E-state index contributed by atoms with van der Waals surface area (Å²) in [5.74, 6) is 0.743. The number of anilines is 2. The van der Waals surface area contributed by atoms with Crippen LogP contribution in [0.5, 0.6) is 0 Å². The first-order valence-corrected chi connectivity index (χ1v) is 9.97. The Morgan fingerprint density at radius 2 is 1.77 bits per heavy atom. The number of aromatic nitrogens is 4. The number of nitrogen functional groups attached to an aromatic ring is 1. The summed E-state index contributed by atoms with van der Waals surface area (Å²) in [5, 5.41) is 8.08. The maximum atomic E-state index is 12.9. The van der Waals surface area contributed by atoms with E-state index in [0.29, 0.717) is 40.6 Å². The molecule has 1 aromatic carbocycles. The second-order valence-corrected chi connectivity index (χ2v) is 7.51. The Morgan fingerprint density at radius 3 is 2.43 bits per heavy atom. The van der Waals surface area contributed by atoms with Crippen LogP contribution in [0.15, 0.2) is 24.3 Å². The number of hydrogen-bond acceptors (Lipinski definition) is 6. The van der Waals surface area contributed by atoms with E-state index in [4.69, 9.17) is 5.73 Å². The molecule has 0 aliphatic carbocycles. The molecule has 1 aliphatic heterocycles. The number of nitrogens with one attached hydrogen (secondary N) is 1. The number of nitrogens with two attached hydrogens (primary N) is 1. The van der Waals surface area contributed by atoms with Gasteiger partial charge in [0, 0.05) is 25.7 Å². The van der Waals surface area contributed by atoms with Gasteiger partial charge in [0.25, 0.3) is 0 Å². The minimum absolute atomic E-state index is 0.361. The van der Waals surface area contributed by atoms with Gasteiger partial charge >= 0.3 is 6.18 Å². The molecule has 3 aromatic rings. The van der Waals surface area contributed by atoms with E-state index in [1.165, 1.54) is 36.1 Å². The van der Waals surface area contributed by atoms with Crippen LogP contribution < -0.4 is 11.1 Å². The van der Waals surface area contributed by atoms with Crippen molar-refractivity contribution in [1.29, 1.82) is 0 Å². The molecule has 30 heavy (non-hydrogen) atoms. The summed E-state index contributed by atoms with van der Waals surface area (Å²) in [7, 11) is 1.69. The van der Waals surface area contributed by atoms with Crippen LogP contribution in [0.4, 0.5) is 24.9 Å². The molecule has 3 N–H and O–H groups in total. The Kier molecular flexibility index (Phi) is 5.50. The van der Waals surface area contributed by atoms with Gasteiger partial charge in [-0.1, -0.05) is 18.6 Å². The van der Waals surface area contributed by atoms with E-state index in [9.17, 15) is 13.2 Å². The van der Waals surface area contributed by atoms with E-state index in [1.54, 1.807) is 7.05 Å². The van der Waals surface area contributed by atoms with Crippen molar-refractivity contribution in [1.82, 2.24) is 24.6 Å². The summed E-state index contributed by atoms with van der Waals surface area (Å²) < 4.78 is 40.3. The molecule has 2 aromatic heterocycles. The Balaban J connectivity index is 1.63. The number of halogens is 3. The van der Waals surface area contributed by atoms with Crippen molar-refractivity contribution in [2.24, 2.45) is 7.05 Å². The number of nitrogens with zero attached hydrogens (tertiary/aromatic N) is 5. The molecule has 0 amide bonds. The van der Waals surface area contributed by atoms with Gasteiger partial charge in [-0.15, -0.1) is 0 Å². The van der Waals surface area contributed by atoms with Crippen LogP contribution in [0, 0.1) is 0 Å². The number of benzene rings is 1. The fourth-order valence-electron chi connectivity index (χ4n) is 3.73. The van der Waals surface area contributed by atoms with Crippen molar-refractivity contribution in [3.8, 4) is 11.3 Å². The fraction of sp³-hybridized carbons (Fsp3) is 0.450. The van der Waals surface area contributed by atoms with Crippen molar-refractivity contribution in [3.05, 3.63) is 29.8 Å². The molecule has 0 saturated carbocycles. The highest BCUT2D eigenvalue weighted by Gasteiger charge is 2.30. The second-order valence-electron chi connectivity index (χ2n) is 7.51. The topological polar surface area (TPSA) is 84.9 Å². The molecule has 1 saturated heterocycles. The molecular weight excluding hydrogens is 395 g/mol. The first-order valence-electron chi connectivity index (χ1n) is 9.97. The van der Waals surface area contributed by atoms with Gasteiger partial charge in [0.2, 0.25) is 5.95 Å². The zero-order valence-electron chi connectivity index (χ0n) is 16.7. The highest BCUT2D eigenvalue weighted by molar-refractivity contribution is 5.98. The molecule has 0 spiro atoms. The Morgan fingerprint density at radius 1 is 1.07 bits per heavy atom.